The van der Waals surface area contributed by atoms with Gasteiger partial charge < -0.3 is 4.90 Å². The average Bonchev–Trinajstić information content (AvgIpc) is 2.47. The second-order valence-corrected chi connectivity index (χ2v) is 4.76. The van der Waals surface area contributed by atoms with E-state index >= 15 is 0 Å². The van der Waals surface area contributed by atoms with Crippen molar-refractivity contribution < 1.29 is 4.79 Å². The van der Waals surface area contributed by atoms with E-state index in [1.54, 1.807) is 17.3 Å². The SMILES string of the molecule is CCN(CC)C(=O)C(Cl)c1cncc2ccccc12. The minimum Gasteiger partial charge on any atom is -0.342 e. The Morgan fingerprint density at radius 1 is 1.26 bits per heavy atom. The summed E-state index contributed by atoms with van der Waals surface area (Å²) in [5.41, 5.74) is 0.775. The van der Waals surface area contributed by atoms with Crippen LogP contribution in [0.4, 0.5) is 0 Å². The Balaban J connectivity index is 2.41. The summed E-state index contributed by atoms with van der Waals surface area (Å²) in [6.45, 7) is 5.23. The average molecular weight is 277 g/mol. The van der Waals surface area contributed by atoms with Crippen molar-refractivity contribution in [1.82, 2.24) is 9.88 Å². The maximum absolute atomic E-state index is 12.3. The quantitative estimate of drug-likeness (QED) is 0.802. The van der Waals surface area contributed by atoms with Gasteiger partial charge in [-0.3, -0.25) is 9.78 Å². The molecule has 0 N–H and O–H groups in total. The summed E-state index contributed by atoms with van der Waals surface area (Å²) < 4.78 is 0. The molecule has 0 aliphatic carbocycles. The molecule has 0 saturated heterocycles. The summed E-state index contributed by atoms with van der Waals surface area (Å²) in [7, 11) is 0. The van der Waals surface area contributed by atoms with Crippen LogP contribution in [0.2, 0.25) is 0 Å². The number of benzene rings is 1. The summed E-state index contributed by atoms with van der Waals surface area (Å²) in [4.78, 5) is 18.2. The van der Waals surface area contributed by atoms with Gasteiger partial charge >= 0.3 is 0 Å². The lowest BCUT2D eigenvalue weighted by Gasteiger charge is -2.22. The van der Waals surface area contributed by atoms with Gasteiger partial charge in [0, 0.05) is 36.4 Å². The molecule has 1 unspecified atom stereocenters. The highest BCUT2D eigenvalue weighted by molar-refractivity contribution is 6.31. The minimum atomic E-state index is -0.682. The van der Waals surface area contributed by atoms with E-state index in [4.69, 9.17) is 11.6 Å². The fraction of sp³-hybridized carbons (Fsp3) is 0.333. The molecular formula is C15H17ClN2O. The lowest BCUT2D eigenvalue weighted by molar-refractivity contribution is -0.130. The molecule has 1 heterocycles. The Morgan fingerprint density at radius 3 is 2.63 bits per heavy atom. The van der Waals surface area contributed by atoms with E-state index in [1.165, 1.54) is 0 Å². The molecule has 1 amide bonds. The molecule has 100 valence electrons. The molecule has 0 spiro atoms. The van der Waals surface area contributed by atoms with Crippen molar-refractivity contribution in [3.63, 3.8) is 0 Å². The predicted octanol–water partition coefficient (Wildman–Crippen LogP) is 3.38. The molecule has 0 aliphatic heterocycles. The third-order valence-corrected chi connectivity index (χ3v) is 3.69. The van der Waals surface area contributed by atoms with Crippen LogP contribution in [-0.2, 0) is 4.79 Å². The summed E-state index contributed by atoms with van der Waals surface area (Å²) in [6.07, 6.45) is 3.46. The molecule has 0 saturated carbocycles. The van der Waals surface area contributed by atoms with Crippen molar-refractivity contribution in [1.29, 1.82) is 0 Å². The number of rotatable bonds is 4. The normalized spacial score (nSPS) is 12.4. The lowest BCUT2D eigenvalue weighted by Crippen LogP contribution is -2.33. The first kappa shape index (κ1) is 13.8. The summed E-state index contributed by atoms with van der Waals surface area (Å²) in [5.74, 6) is -0.0650. The largest absolute Gasteiger partial charge is 0.342 e. The fourth-order valence-electron chi connectivity index (χ4n) is 2.17. The van der Waals surface area contributed by atoms with Crippen LogP contribution in [0, 0.1) is 0 Å². The molecule has 1 aromatic carbocycles. The van der Waals surface area contributed by atoms with Crippen molar-refractivity contribution in [3.05, 3.63) is 42.2 Å². The molecule has 4 heteroatoms. The Kier molecular flexibility index (Phi) is 4.38. The number of pyridine rings is 1. The number of carbonyl (C=O) groups is 1. The van der Waals surface area contributed by atoms with Gasteiger partial charge in [-0.25, -0.2) is 0 Å². The number of likely N-dealkylation sites (N-methyl/N-ethyl adjacent to an activating group) is 1. The number of hydrogen-bond donors (Lipinski definition) is 0. The number of aromatic nitrogens is 1. The molecular weight excluding hydrogens is 260 g/mol. The van der Waals surface area contributed by atoms with Crippen LogP contribution in [0.5, 0.6) is 0 Å². The van der Waals surface area contributed by atoms with Crippen molar-refractivity contribution in [2.75, 3.05) is 13.1 Å². The highest BCUT2D eigenvalue weighted by atomic mass is 35.5. The smallest absolute Gasteiger partial charge is 0.245 e. The van der Waals surface area contributed by atoms with Gasteiger partial charge in [0.05, 0.1) is 0 Å². The van der Waals surface area contributed by atoms with Crippen LogP contribution in [0.25, 0.3) is 10.8 Å². The van der Waals surface area contributed by atoms with Gasteiger partial charge in [0.25, 0.3) is 0 Å². The third kappa shape index (κ3) is 2.71. The third-order valence-electron chi connectivity index (χ3n) is 3.26. The maximum Gasteiger partial charge on any atom is 0.245 e. The number of halogens is 1. The number of nitrogens with zero attached hydrogens (tertiary/aromatic N) is 2. The van der Waals surface area contributed by atoms with Crippen LogP contribution in [0.3, 0.4) is 0 Å². The van der Waals surface area contributed by atoms with E-state index < -0.39 is 5.38 Å². The Labute approximate surface area is 118 Å². The second-order valence-electron chi connectivity index (χ2n) is 4.32. The summed E-state index contributed by atoms with van der Waals surface area (Å²) in [5, 5.41) is 1.30. The highest BCUT2D eigenvalue weighted by Crippen LogP contribution is 2.29. The van der Waals surface area contributed by atoms with Crippen LogP contribution in [-0.4, -0.2) is 28.9 Å². The molecule has 2 aromatic rings. The first-order chi connectivity index (χ1) is 9.19. The van der Waals surface area contributed by atoms with Gasteiger partial charge in [-0.2, -0.15) is 0 Å². The van der Waals surface area contributed by atoms with E-state index in [-0.39, 0.29) is 5.91 Å². The molecule has 1 aromatic heterocycles. The van der Waals surface area contributed by atoms with Gasteiger partial charge in [0.15, 0.2) is 0 Å². The van der Waals surface area contributed by atoms with Crippen molar-refractivity contribution in [2.45, 2.75) is 19.2 Å². The van der Waals surface area contributed by atoms with Crippen molar-refractivity contribution in [3.8, 4) is 0 Å². The molecule has 0 radical (unpaired) electrons. The second kappa shape index (κ2) is 6.02. The Hall–Kier alpha value is -1.61. The maximum atomic E-state index is 12.3. The minimum absolute atomic E-state index is 0.0650. The lowest BCUT2D eigenvalue weighted by atomic mass is 10.0. The van der Waals surface area contributed by atoms with E-state index in [2.05, 4.69) is 4.98 Å². The van der Waals surface area contributed by atoms with Gasteiger partial charge in [0.2, 0.25) is 5.91 Å². The fourth-order valence-corrected chi connectivity index (χ4v) is 2.48. The zero-order chi connectivity index (χ0) is 13.8. The number of carbonyl (C=O) groups excluding carboxylic acids is 1. The first-order valence-corrected chi connectivity index (χ1v) is 6.88. The number of fused-ring (bicyclic) bond motifs is 1. The molecule has 19 heavy (non-hydrogen) atoms. The Morgan fingerprint density at radius 2 is 1.95 bits per heavy atom. The van der Waals surface area contributed by atoms with Crippen molar-refractivity contribution >= 4 is 28.3 Å². The Bertz CT molecular complexity index is 576. The molecule has 3 nitrogen and oxygen atoms in total. The van der Waals surface area contributed by atoms with Gasteiger partial charge in [0.1, 0.15) is 5.38 Å². The van der Waals surface area contributed by atoms with Gasteiger partial charge in [-0.1, -0.05) is 24.3 Å². The molecule has 2 rings (SSSR count). The number of alkyl halides is 1. The zero-order valence-electron chi connectivity index (χ0n) is 11.1. The monoisotopic (exact) mass is 276 g/mol. The standard InChI is InChI=1S/C15H17ClN2O/c1-3-18(4-2)15(19)14(16)13-10-17-9-11-7-5-6-8-12(11)13/h5-10,14H,3-4H2,1-2H3. The summed E-state index contributed by atoms with van der Waals surface area (Å²) in [6, 6.07) is 7.83. The van der Waals surface area contributed by atoms with Crippen molar-refractivity contribution in [2.24, 2.45) is 0 Å². The van der Waals surface area contributed by atoms with Crippen LogP contribution >= 0.6 is 11.6 Å². The molecule has 1 atom stereocenters. The van der Waals surface area contributed by atoms with E-state index in [1.807, 2.05) is 38.1 Å². The topological polar surface area (TPSA) is 33.2 Å². The predicted molar refractivity (Wildman–Crippen MR) is 78.3 cm³/mol. The molecule has 0 bridgehead atoms. The van der Waals surface area contributed by atoms with E-state index in [0.717, 1.165) is 16.3 Å². The zero-order valence-corrected chi connectivity index (χ0v) is 11.9. The van der Waals surface area contributed by atoms with Crippen LogP contribution in [0.1, 0.15) is 24.8 Å². The highest BCUT2D eigenvalue weighted by Gasteiger charge is 2.23. The first-order valence-electron chi connectivity index (χ1n) is 6.44. The van der Waals surface area contributed by atoms with Crippen LogP contribution < -0.4 is 0 Å². The van der Waals surface area contributed by atoms with E-state index in [9.17, 15) is 4.79 Å². The van der Waals surface area contributed by atoms with Crippen LogP contribution in [0.15, 0.2) is 36.7 Å². The number of amides is 1. The van der Waals surface area contributed by atoms with Gasteiger partial charge in [-0.15, -0.1) is 11.6 Å². The number of hydrogen-bond acceptors (Lipinski definition) is 2. The molecule has 0 aliphatic rings. The van der Waals surface area contributed by atoms with E-state index in [0.29, 0.717) is 13.1 Å². The van der Waals surface area contributed by atoms with Gasteiger partial charge in [-0.05, 0) is 19.2 Å². The summed E-state index contributed by atoms with van der Waals surface area (Å²) >= 11 is 6.36. The molecule has 0 fully saturated rings.